The molecule has 7 rings (SSSR count). The van der Waals surface area contributed by atoms with Crippen LogP contribution >= 0.6 is 15.9 Å². The van der Waals surface area contributed by atoms with Crippen molar-refractivity contribution in [2.24, 2.45) is 0 Å². The summed E-state index contributed by atoms with van der Waals surface area (Å²) in [6, 6.07) is 23.3. The Hall–Kier alpha value is -5.18. The molecule has 2 aromatic heterocycles. The van der Waals surface area contributed by atoms with E-state index >= 15 is 0 Å². The van der Waals surface area contributed by atoms with Crippen LogP contribution in [0.25, 0.3) is 12.2 Å². The first-order valence-electron chi connectivity index (χ1n) is 21.9. The predicted octanol–water partition coefficient (Wildman–Crippen LogP) is 11.6. The number of hydrogen-bond acceptors (Lipinski definition) is 10. The van der Waals surface area contributed by atoms with E-state index in [4.69, 9.17) is 28.3 Å². The van der Waals surface area contributed by atoms with Crippen LogP contribution in [0.2, 0.25) is 0 Å². The standard InChI is InChI=1S/C28H37BN2O5.C22H25BrN2O3/c1-26(2,3)34-25(32)31-15-13-20(14-16-31)17-21-9-8-10-23(18-21)33-24-12-11-22(19-30-24)29-35-27(4,5)28(6,7)36-29;1-22(2,3)28-21(26)25-11-9-16(10-12-25)13-17-5-4-6-19(14-17)27-20-8-7-18(23)15-24-20/h8-12,17-19H,13-16H2,1-7H3;4-8,13-15H,9-12H2,1-3H3. The predicted molar refractivity (Wildman–Crippen MR) is 255 cm³/mol. The highest BCUT2D eigenvalue weighted by Gasteiger charge is 2.51. The molecule has 64 heavy (non-hydrogen) atoms. The van der Waals surface area contributed by atoms with Gasteiger partial charge in [-0.05, 0) is 152 Å². The minimum absolute atomic E-state index is 0.232. The summed E-state index contributed by atoms with van der Waals surface area (Å²) < 4.78 is 35.9. The maximum atomic E-state index is 12.3. The van der Waals surface area contributed by atoms with E-state index in [0.717, 1.165) is 52.5 Å². The van der Waals surface area contributed by atoms with Crippen LogP contribution in [0.3, 0.4) is 0 Å². The molecule has 0 saturated carbocycles. The number of halogens is 1. The molecular weight excluding hydrogens is 875 g/mol. The average molecular weight is 938 g/mol. The van der Waals surface area contributed by atoms with Gasteiger partial charge in [0.05, 0.1) is 11.2 Å². The molecule has 2 aromatic carbocycles. The van der Waals surface area contributed by atoms with Crippen LogP contribution in [0.15, 0.2) is 101 Å². The second-order valence-corrected chi connectivity index (χ2v) is 20.1. The number of likely N-dealkylation sites (tertiary alicyclic amines) is 2. The Morgan fingerprint density at radius 2 is 1.06 bits per heavy atom. The SMILES string of the molecule is CC(C)(C)OC(=O)N1CCC(=Cc2cccc(Oc3ccc(B4OC(C)(C)C(C)(C)O4)cn3)c2)CC1.CC(C)(C)OC(=O)N1CCC(=Cc2cccc(Oc3ccc(Br)cn3)c2)CC1. The van der Waals surface area contributed by atoms with Crippen molar-refractivity contribution in [1.29, 1.82) is 0 Å². The van der Waals surface area contributed by atoms with Gasteiger partial charge in [-0.1, -0.05) is 53.6 Å². The highest BCUT2D eigenvalue weighted by atomic mass is 79.9. The number of pyridine rings is 2. The molecule has 0 spiro atoms. The molecule has 340 valence electrons. The summed E-state index contributed by atoms with van der Waals surface area (Å²) in [6.07, 6.45) is 10.7. The van der Waals surface area contributed by atoms with Gasteiger partial charge in [0.1, 0.15) is 22.7 Å². The number of carbonyl (C=O) groups is 2. The number of benzene rings is 2. The monoisotopic (exact) mass is 936 g/mol. The average Bonchev–Trinajstić information content (AvgIpc) is 3.44. The fraction of sp³-hybridized carbons (Fsp3) is 0.440. The second-order valence-electron chi connectivity index (χ2n) is 19.2. The summed E-state index contributed by atoms with van der Waals surface area (Å²) in [5.41, 5.74) is 3.89. The molecule has 0 bridgehead atoms. The molecule has 0 N–H and O–H groups in total. The van der Waals surface area contributed by atoms with E-state index < -0.39 is 29.5 Å². The minimum Gasteiger partial charge on any atom is -0.444 e. The zero-order valence-electron chi connectivity index (χ0n) is 38.9. The molecule has 0 unspecified atom stereocenters. The topological polar surface area (TPSA) is 122 Å². The van der Waals surface area contributed by atoms with Crippen molar-refractivity contribution in [2.75, 3.05) is 26.2 Å². The second kappa shape index (κ2) is 20.3. The van der Waals surface area contributed by atoms with E-state index in [1.807, 2.05) is 130 Å². The number of ether oxygens (including phenoxy) is 4. The van der Waals surface area contributed by atoms with Crippen LogP contribution in [0.5, 0.6) is 23.3 Å². The van der Waals surface area contributed by atoms with Crippen molar-refractivity contribution in [3.8, 4) is 23.3 Å². The van der Waals surface area contributed by atoms with Gasteiger partial charge in [0.25, 0.3) is 0 Å². The Balaban J connectivity index is 0.000000219. The molecule has 0 aliphatic carbocycles. The third kappa shape index (κ3) is 14.2. The van der Waals surface area contributed by atoms with Crippen molar-refractivity contribution >= 4 is 52.8 Å². The van der Waals surface area contributed by atoms with Crippen molar-refractivity contribution in [1.82, 2.24) is 19.8 Å². The minimum atomic E-state index is -0.477. The molecule has 3 fully saturated rings. The molecule has 0 atom stereocenters. The molecule has 0 radical (unpaired) electrons. The normalized spacial score (nSPS) is 17.2. The smallest absolute Gasteiger partial charge is 0.444 e. The van der Waals surface area contributed by atoms with E-state index in [9.17, 15) is 9.59 Å². The zero-order valence-corrected chi connectivity index (χ0v) is 40.5. The molecule has 12 nitrogen and oxygen atoms in total. The molecule has 3 aliphatic heterocycles. The van der Waals surface area contributed by atoms with Gasteiger partial charge in [0.2, 0.25) is 11.8 Å². The number of nitrogens with zero attached hydrogens (tertiary/aromatic N) is 4. The maximum Gasteiger partial charge on any atom is 0.496 e. The first-order chi connectivity index (χ1) is 30.1. The van der Waals surface area contributed by atoms with Crippen molar-refractivity contribution < 1.29 is 37.8 Å². The fourth-order valence-corrected chi connectivity index (χ4v) is 7.17. The quantitative estimate of drug-likeness (QED) is 0.166. The van der Waals surface area contributed by atoms with Crippen molar-refractivity contribution in [2.45, 2.75) is 117 Å². The summed E-state index contributed by atoms with van der Waals surface area (Å²) in [4.78, 5) is 36.7. The van der Waals surface area contributed by atoms with Crippen LogP contribution in [0.1, 0.15) is 106 Å². The number of aromatic nitrogens is 2. The van der Waals surface area contributed by atoms with Gasteiger partial charge >= 0.3 is 19.3 Å². The number of rotatable bonds is 7. The van der Waals surface area contributed by atoms with Gasteiger partial charge < -0.3 is 38.1 Å². The van der Waals surface area contributed by atoms with Crippen LogP contribution < -0.4 is 14.9 Å². The third-order valence-electron chi connectivity index (χ3n) is 11.0. The summed E-state index contributed by atoms with van der Waals surface area (Å²) in [6.45, 7) is 22.1. The lowest BCUT2D eigenvalue weighted by Gasteiger charge is -2.32. The molecule has 14 heteroatoms. The Labute approximate surface area is 387 Å². The Morgan fingerprint density at radius 3 is 1.44 bits per heavy atom. The van der Waals surface area contributed by atoms with E-state index in [1.165, 1.54) is 11.1 Å². The lowest BCUT2D eigenvalue weighted by Crippen LogP contribution is -2.41. The summed E-state index contributed by atoms with van der Waals surface area (Å²) >= 11 is 3.37. The molecule has 5 heterocycles. The van der Waals surface area contributed by atoms with Gasteiger partial charge in [-0.25, -0.2) is 19.6 Å². The van der Waals surface area contributed by atoms with Crippen LogP contribution in [0.4, 0.5) is 9.59 Å². The van der Waals surface area contributed by atoms with Gasteiger partial charge in [-0.2, -0.15) is 0 Å². The Bertz CT molecular complexity index is 2270. The molecule has 4 aromatic rings. The number of carbonyl (C=O) groups excluding carboxylic acids is 2. The van der Waals surface area contributed by atoms with E-state index in [0.29, 0.717) is 43.7 Å². The van der Waals surface area contributed by atoms with Gasteiger partial charge in [0, 0.05) is 60.6 Å². The molecule has 3 saturated heterocycles. The maximum absolute atomic E-state index is 12.3. The molecular formula is C50H62BBrN4O8. The van der Waals surface area contributed by atoms with Crippen molar-refractivity contribution in [3.05, 3.63) is 112 Å². The number of amides is 2. The van der Waals surface area contributed by atoms with Crippen molar-refractivity contribution in [3.63, 3.8) is 0 Å². The fourth-order valence-electron chi connectivity index (χ4n) is 6.94. The summed E-state index contributed by atoms with van der Waals surface area (Å²) in [7, 11) is -0.451. The highest BCUT2D eigenvalue weighted by molar-refractivity contribution is 9.10. The summed E-state index contributed by atoms with van der Waals surface area (Å²) in [5, 5.41) is 0. The number of hydrogen-bond donors (Lipinski definition) is 0. The first kappa shape index (κ1) is 48.3. The molecule has 3 aliphatic rings. The van der Waals surface area contributed by atoms with E-state index in [1.54, 1.807) is 22.2 Å². The summed E-state index contributed by atoms with van der Waals surface area (Å²) in [5.74, 6) is 2.52. The third-order valence-corrected chi connectivity index (χ3v) is 11.5. The first-order valence-corrected chi connectivity index (χ1v) is 22.7. The van der Waals surface area contributed by atoms with E-state index in [-0.39, 0.29) is 12.2 Å². The van der Waals surface area contributed by atoms with Gasteiger partial charge in [0.15, 0.2) is 0 Å². The Morgan fingerprint density at radius 1 is 0.641 bits per heavy atom. The Kier molecular flexibility index (Phi) is 15.3. The van der Waals surface area contributed by atoms with E-state index in [2.05, 4.69) is 50.2 Å². The van der Waals surface area contributed by atoms with Gasteiger partial charge in [-0.3, -0.25) is 0 Å². The largest absolute Gasteiger partial charge is 0.496 e. The lowest BCUT2D eigenvalue weighted by atomic mass is 9.80. The lowest BCUT2D eigenvalue weighted by molar-refractivity contribution is 0.00578. The highest BCUT2D eigenvalue weighted by Crippen LogP contribution is 2.36. The van der Waals surface area contributed by atoms with Crippen LogP contribution in [0, 0.1) is 0 Å². The zero-order chi connectivity index (χ0) is 46.3. The van der Waals surface area contributed by atoms with Crippen LogP contribution in [-0.4, -0.2) is 87.7 Å². The molecule has 2 amide bonds. The number of piperidine rings is 2. The van der Waals surface area contributed by atoms with Gasteiger partial charge in [-0.15, -0.1) is 0 Å². The van der Waals surface area contributed by atoms with Crippen LogP contribution in [-0.2, 0) is 18.8 Å².